The summed E-state index contributed by atoms with van der Waals surface area (Å²) in [7, 11) is 2.01. The Bertz CT molecular complexity index is 315. The summed E-state index contributed by atoms with van der Waals surface area (Å²) in [6.07, 6.45) is 0.972. The fraction of sp³-hybridized carbons (Fsp3) is 0.538. The summed E-state index contributed by atoms with van der Waals surface area (Å²) in [5, 5.41) is 4.22. The molecule has 0 amide bonds. The van der Waals surface area contributed by atoms with E-state index in [0.29, 0.717) is 6.04 Å². The van der Waals surface area contributed by atoms with E-state index in [2.05, 4.69) is 32.2 Å². The summed E-state index contributed by atoms with van der Waals surface area (Å²) in [5.41, 5.74) is 1.46. The molecule has 0 saturated carbocycles. The van der Waals surface area contributed by atoms with Crippen LogP contribution in [0.5, 0.6) is 0 Å². The Kier molecular flexibility index (Phi) is 4.18. The van der Waals surface area contributed by atoms with Crippen LogP contribution in [-0.2, 0) is 6.42 Å². The summed E-state index contributed by atoms with van der Waals surface area (Å²) in [4.78, 5) is 0. The third kappa shape index (κ3) is 3.51. The van der Waals surface area contributed by atoms with Crippen LogP contribution >= 0.6 is 11.6 Å². The standard InChI is InChI=1S/C13H20ClN/c1-13(2,3)12(15-4)9-10-7-5-6-8-11(10)14/h5-8,12,15H,9H2,1-4H3. The van der Waals surface area contributed by atoms with Crippen LogP contribution in [0, 0.1) is 5.41 Å². The van der Waals surface area contributed by atoms with Gasteiger partial charge in [-0.2, -0.15) is 0 Å². The van der Waals surface area contributed by atoms with Gasteiger partial charge >= 0.3 is 0 Å². The maximum atomic E-state index is 6.15. The molecule has 2 heteroatoms. The van der Waals surface area contributed by atoms with Crippen molar-refractivity contribution < 1.29 is 0 Å². The Morgan fingerprint density at radius 1 is 1.27 bits per heavy atom. The first kappa shape index (κ1) is 12.5. The van der Waals surface area contributed by atoms with Crippen molar-refractivity contribution in [2.24, 2.45) is 5.41 Å². The molecule has 0 radical (unpaired) electrons. The highest BCUT2D eigenvalue weighted by Gasteiger charge is 2.23. The first-order chi connectivity index (χ1) is 6.95. The number of benzene rings is 1. The van der Waals surface area contributed by atoms with Gasteiger partial charge < -0.3 is 5.32 Å². The van der Waals surface area contributed by atoms with Crippen LogP contribution in [-0.4, -0.2) is 13.1 Å². The number of rotatable bonds is 3. The second-order valence-electron chi connectivity index (χ2n) is 5.00. The van der Waals surface area contributed by atoms with Crippen LogP contribution in [0.15, 0.2) is 24.3 Å². The Balaban J connectivity index is 2.80. The fourth-order valence-corrected chi connectivity index (χ4v) is 1.94. The molecule has 0 bridgehead atoms. The van der Waals surface area contributed by atoms with Crippen LogP contribution < -0.4 is 5.32 Å². The summed E-state index contributed by atoms with van der Waals surface area (Å²) >= 11 is 6.15. The van der Waals surface area contributed by atoms with Crippen molar-refractivity contribution in [1.82, 2.24) is 5.32 Å². The number of nitrogens with one attached hydrogen (secondary N) is 1. The molecule has 84 valence electrons. The van der Waals surface area contributed by atoms with Gasteiger partial charge in [-0.15, -0.1) is 0 Å². The van der Waals surface area contributed by atoms with E-state index in [0.717, 1.165) is 11.4 Å². The van der Waals surface area contributed by atoms with Gasteiger partial charge in [-0.3, -0.25) is 0 Å². The maximum absolute atomic E-state index is 6.15. The average molecular weight is 226 g/mol. The van der Waals surface area contributed by atoms with Crippen molar-refractivity contribution in [3.05, 3.63) is 34.9 Å². The quantitative estimate of drug-likeness (QED) is 0.830. The lowest BCUT2D eigenvalue weighted by Gasteiger charge is -2.30. The molecule has 1 aromatic carbocycles. The smallest absolute Gasteiger partial charge is 0.0438 e. The SMILES string of the molecule is CNC(Cc1ccccc1Cl)C(C)(C)C. The molecule has 0 aliphatic rings. The van der Waals surface area contributed by atoms with E-state index in [1.807, 2.05) is 25.2 Å². The molecule has 1 unspecified atom stereocenters. The van der Waals surface area contributed by atoms with Crippen LogP contribution in [0.3, 0.4) is 0 Å². The second kappa shape index (κ2) is 5.00. The minimum atomic E-state index is 0.244. The van der Waals surface area contributed by atoms with Crippen molar-refractivity contribution in [2.75, 3.05) is 7.05 Å². The average Bonchev–Trinajstić information content (AvgIpc) is 2.14. The third-order valence-corrected chi connectivity index (χ3v) is 3.14. The zero-order valence-electron chi connectivity index (χ0n) is 9.97. The Morgan fingerprint density at radius 3 is 2.33 bits per heavy atom. The fourth-order valence-electron chi connectivity index (χ4n) is 1.73. The molecule has 0 aromatic heterocycles. The van der Waals surface area contributed by atoms with E-state index in [1.54, 1.807) is 0 Å². The monoisotopic (exact) mass is 225 g/mol. The van der Waals surface area contributed by atoms with Crippen molar-refractivity contribution in [1.29, 1.82) is 0 Å². The van der Waals surface area contributed by atoms with Crippen molar-refractivity contribution in [3.63, 3.8) is 0 Å². The van der Waals surface area contributed by atoms with Gasteiger partial charge in [-0.1, -0.05) is 50.6 Å². The van der Waals surface area contributed by atoms with Crippen molar-refractivity contribution >= 4 is 11.6 Å². The number of hydrogen-bond acceptors (Lipinski definition) is 1. The van der Waals surface area contributed by atoms with Crippen LogP contribution in [0.1, 0.15) is 26.3 Å². The van der Waals surface area contributed by atoms with Gasteiger partial charge in [0.25, 0.3) is 0 Å². The molecule has 0 spiro atoms. The minimum Gasteiger partial charge on any atom is -0.316 e. The second-order valence-corrected chi connectivity index (χ2v) is 5.41. The van der Waals surface area contributed by atoms with E-state index >= 15 is 0 Å². The van der Waals surface area contributed by atoms with E-state index in [9.17, 15) is 0 Å². The summed E-state index contributed by atoms with van der Waals surface area (Å²) in [5.74, 6) is 0. The highest BCUT2D eigenvalue weighted by atomic mass is 35.5. The molecule has 1 rings (SSSR count). The molecule has 15 heavy (non-hydrogen) atoms. The summed E-state index contributed by atoms with van der Waals surface area (Å²) in [6.45, 7) is 6.72. The first-order valence-electron chi connectivity index (χ1n) is 5.36. The lowest BCUT2D eigenvalue weighted by molar-refractivity contribution is 0.280. The number of halogens is 1. The Morgan fingerprint density at radius 2 is 1.87 bits per heavy atom. The molecule has 1 nitrogen and oxygen atoms in total. The first-order valence-corrected chi connectivity index (χ1v) is 5.73. The van der Waals surface area contributed by atoms with Gasteiger partial charge in [0.2, 0.25) is 0 Å². The highest BCUT2D eigenvalue weighted by Crippen LogP contribution is 2.25. The van der Waals surface area contributed by atoms with Gasteiger partial charge in [0.15, 0.2) is 0 Å². The molecular formula is C13H20ClN. The zero-order chi connectivity index (χ0) is 11.5. The molecule has 1 aromatic rings. The van der Waals surface area contributed by atoms with Crippen LogP contribution in [0.2, 0.25) is 5.02 Å². The van der Waals surface area contributed by atoms with Gasteiger partial charge in [0.05, 0.1) is 0 Å². The normalized spacial score (nSPS) is 13.9. The van der Waals surface area contributed by atoms with Gasteiger partial charge in [0, 0.05) is 11.1 Å². The summed E-state index contributed by atoms with van der Waals surface area (Å²) < 4.78 is 0. The Hall–Kier alpha value is -0.530. The molecule has 1 atom stereocenters. The molecule has 0 heterocycles. The van der Waals surface area contributed by atoms with Gasteiger partial charge in [-0.25, -0.2) is 0 Å². The predicted octanol–water partition coefficient (Wildman–Crippen LogP) is 3.52. The molecule has 0 aliphatic heterocycles. The molecule has 0 saturated heterocycles. The predicted molar refractivity (Wildman–Crippen MR) is 67.5 cm³/mol. The third-order valence-electron chi connectivity index (χ3n) is 2.78. The largest absolute Gasteiger partial charge is 0.316 e. The summed E-state index contributed by atoms with van der Waals surface area (Å²) in [6, 6.07) is 8.50. The zero-order valence-corrected chi connectivity index (χ0v) is 10.7. The van der Waals surface area contributed by atoms with Crippen LogP contribution in [0.25, 0.3) is 0 Å². The van der Waals surface area contributed by atoms with E-state index < -0.39 is 0 Å². The minimum absolute atomic E-state index is 0.244. The molecule has 0 fully saturated rings. The lowest BCUT2D eigenvalue weighted by atomic mass is 9.83. The maximum Gasteiger partial charge on any atom is 0.0438 e. The van der Waals surface area contributed by atoms with E-state index in [-0.39, 0.29) is 5.41 Å². The number of likely N-dealkylation sites (N-methyl/N-ethyl adjacent to an activating group) is 1. The molecule has 0 aliphatic carbocycles. The molecule has 1 N–H and O–H groups in total. The molecular weight excluding hydrogens is 206 g/mol. The highest BCUT2D eigenvalue weighted by molar-refractivity contribution is 6.31. The topological polar surface area (TPSA) is 12.0 Å². The van der Waals surface area contributed by atoms with Gasteiger partial charge in [-0.05, 0) is 30.5 Å². The number of hydrogen-bond donors (Lipinski definition) is 1. The van der Waals surface area contributed by atoms with E-state index in [1.165, 1.54) is 5.56 Å². The van der Waals surface area contributed by atoms with Crippen LogP contribution in [0.4, 0.5) is 0 Å². The van der Waals surface area contributed by atoms with Crippen molar-refractivity contribution in [2.45, 2.75) is 33.2 Å². The Labute approximate surface area is 97.8 Å². The van der Waals surface area contributed by atoms with Crippen molar-refractivity contribution in [3.8, 4) is 0 Å². The lowest BCUT2D eigenvalue weighted by Crippen LogP contribution is -2.39. The van der Waals surface area contributed by atoms with E-state index in [4.69, 9.17) is 11.6 Å². The van der Waals surface area contributed by atoms with Gasteiger partial charge in [0.1, 0.15) is 0 Å².